The van der Waals surface area contributed by atoms with E-state index in [1.807, 2.05) is 24.3 Å². The zero-order valence-electron chi connectivity index (χ0n) is 19.4. The normalized spacial score (nSPS) is 18.9. The van der Waals surface area contributed by atoms with Crippen molar-refractivity contribution in [3.05, 3.63) is 42.7 Å². The van der Waals surface area contributed by atoms with E-state index < -0.39 is 0 Å². The summed E-state index contributed by atoms with van der Waals surface area (Å²) in [6.07, 6.45) is 4.79. The lowest BCUT2D eigenvalue weighted by atomic mass is 10.1. The predicted octanol–water partition coefficient (Wildman–Crippen LogP) is 2.91. The van der Waals surface area contributed by atoms with Crippen LogP contribution in [0.3, 0.4) is 0 Å². The third kappa shape index (κ3) is 5.10. The molecule has 0 radical (unpaired) electrons. The van der Waals surface area contributed by atoms with Gasteiger partial charge in [0.1, 0.15) is 12.1 Å². The molecule has 0 aliphatic carbocycles. The van der Waals surface area contributed by atoms with Crippen molar-refractivity contribution in [3.8, 4) is 34.1 Å². The van der Waals surface area contributed by atoms with E-state index in [0.717, 1.165) is 63.5 Å². The van der Waals surface area contributed by atoms with Crippen LogP contribution in [0.15, 0.2) is 42.7 Å². The minimum absolute atomic E-state index is 0.123. The summed E-state index contributed by atoms with van der Waals surface area (Å²) in [5.74, 6) is 2.08. The topological polar surface area (TPSA) is 106 Å². The average molecular weight is 463 g/mol. The number of aromatic nitrogens is 4. The Morgan fingerprint density at radius 2 is 1.94 bits per heavy atom. The summed E-state index contributed by atoms with van der Waals surface area (Å²) in [4.78, 5) is 10.6. The third-order valence-corrected chi connectivity index (χ3v) is 6.60. The first kappa shape index (κ1) is 22.5. The molecule has 2 aliphatic rings. The average Bonchev–Trinajstić information content (AvgIpc) is 3.37. The molecule has 1 aromatic carbocycles. The lowest BCUT2D eigenvalue weighted by Crippen LogP contribution is -2.38. The minimum Gasteiger partial charge on any atom is -0.507 e. The van der Waals surface area contributed by atoms with Gasteiger partial charge in [-0.2, -0.15) is 0 Å². The van der Waals surface area contributed by atoms with Crippen LogP contribution < -0.4 is 15.0 Å². The maximum absolute atomic E-state index is 10.6. The molecule has 0 bridgehead atoms. The molecule has 2 saturated heterocycles. The molecule has 0 unspecified atom stereocenters. The van der Waals surface area contributed by atoms with Crippen molar-refractivity contribution in [2.45, 2.75) is 25.3 Å². The summed E-state index contributed by atoms with van der Waals surface area (Å²) in [7, 11) is 1.56. The molecule has 2 fully saturated rings. The van der Waals surface area contributed by atoms with Crippen molar-refractivity contribution in [2.24, 2.45) is 5.92 Å². The zero-order valence-corrected chi connectivity index (χ0v) is 19.4. The number of rotatable bonds is 7. The Bertz CT molecular complexity index is 1100. The zero-order chi connectivity index (χ0) is 23.3. The van der Waals surface area contributed by atoms with Crippen LogP contribution in [0.2, 0.25) is 0 Å². The Labute approximate surface area is 199 Å². The fraction of sp³-hybridized carbons (Fsp3) is 0.440. The molecule has 2 aliphatic heterocycles. The second kappa shape index (κ2) is 10.3. The summed E-state index contributed by atoms with van der Waals surface area (Å²) in [6, 6.07) is 11.6. The summed E-state index contributed by atoms with van der Waals surface area (Å²) in [5, 5.41) is 23.2. The van der Waals surface area contributed by atoms with Crippen LogP contribution in [0.5, 0.6) is 11.6 Å². The predicted molar refractivity (Wildman–Crippen MR) is 129 cm³/mol. The summed E-state index contributed by atoms with van der Waals surface area (Å²) < 4.78 is 10.6. The number of nitrogens with one attached hydrogen (secondary N) is 1. The van der Waals surface area contributed by atoms with Gasteiger partial charge in [-0.15, -0.1) is 10.2 Å². The van der Waals surface area contributed by atoms with E-state index in [9.17, 15) is 5.11 Å². The maximum atomic E-state index is 10.6. The molecule has 2 N–H and O–H groups in total. The maximum Gasteiger partial charge on any atom is 0.216 e. The number of hydrogen-bond acceptors (Lipinski definition) is 9. The van der Waals surface area contributed by atoms with E-state index in [1.165, 1.54) is 6.33 Å². The van der Waals surface area contributed by atoms with Crippen LogP contribution in [0.1, 0.15) is 19.3 Å². The van der Waals surface area contributed by atoms with Crippen LogP contribution in [0, 0.1) is 5.92 Å². The van der Waals surface area contributed by atoms with Crippen LogP contribution in [-0.2, 0) is 4.74 Å². The Hall–Kier alpha value is -3.30. The molecule has 9 heteroatoms. The summed E-state index contributed by atoms with van der Waals surface area (Å²) >= 11 is 0. The molecule has 0 spiro atoms. The van der Waals surface area contributed by atoms with Gasteiger partial charge in [0.15, 0.2) is 5.82 Å². The number of phenolic OH excluding ortho intramolecular Hbond substituents is 1. The van der Waals surface area contributed by atoms with Gasteiger partial charge in [-0.3, -0.25) is 0 Å². The molecule has 0 amide bonds. The Morgan fingerprint density at radius 3 is 2.71 bits per heavy atom. The van der Waals surface area contributed by atoms with Gasteiger partial charge in [0.2, 0.25) is 5.88 Å². The number of benzene rings is 1. The Morgan fingerprint density at radius 1 is 1.06 bits per heavy atom. The molecular formula is C25H30N6O3. The number of methoxy groups -OCH3 is 1. The molecule has 178 valence electrons. The molecule has 4 heterocycles. The monoisotopic (exact) mass is 462 g/mol. The van der Waals surface area contributed by atoms with Gasteiger partial charge in [-0.05, 0) is 56.0 Å². The lowest BCUT2D eigenvalue weighted by molar-refractivity contribution is 0.0771. The standard InChI is InChI=1S/C25H30N6O3/c1-33-25-13-22(27-16-28-25)18-2-3-20(23(32)12-18)21-4-5-24(30-29-21)31-9-6-17(15-31)14-26-19-7-10-34-11-8-19/h2-5,12-13,16-17,19,26,32H,6-11,14-15H2,1H3/t17-/m1/s1. The fourth-order valence-electron chi connectivity index (χ4n) is 4.60. The van der Waals surface area contributed by atoms with Gasteiger partial charge in [0, 0.05) is 49.5 Å². The highest BCUT2D eigenvalue weighted by Crippen LogP contribution is 2.33. The summed E-state index contributed by atoms with van der Waals surface area (Å²) in [5.41, 5.74) is 2.70. The Kier molecular flexibility index (Phi) is 6.82. The van der Waals surface area contributed by atoms with Crippen LogP contribution >= 0.6 is 0 Å². The smallest absolute Gasteiger partial charge is 0.216 e. The first-order valence-corrected chi connectivity index (χ1v) is 11.8. The van der Waals surface area contributed by atoms with E-state index in [-0.39, 0.29) is 5.75 Å². The number of hydrogen-bond donors (Lipinski definition) is 2. The van der Waals surface area contributed by atoms with Crippen LogP contribution in [0.4, 0.5) is 5.82 Å². The molecular weight excluding hydrogens is 432 g/mol. The number of nitrogens with zero attached hydrogens (tertiary/aromatic N) is 5. The van der Waals surface area contributed by atoms with Crippen molar-refractivity contribution in [3.63, 3.8) is 0 Å². The molecule has 1 atom stereocenters. The van der Waals surface area contributed by atoms with Crippen molar-refractivity contribution < 1.29 is 14.6 Å². The van der Waals surface area contributed by atoms with Crippen molar-refractivity contribution >= 4 is 5.82 Å². The van der Waals surface area contributed by atoms with Crippen LogP contribution in [0.25, 0.3) is 22.5 Å². The van der Waals surface area contributed by atoms with Gasteiger partial charge >= 0.3 is 0 Å². The largest absolute Gasteiger partial charge is 0.507 e. The lowest BCUT2D eigenvalue weighted by Gasteiger charge is -2.25. The third-order valence-electron chi connectivity index (χ3n) is 6.60. The Balaban J connectivity index is 1.22. The van der Waals surface area contributed by atoms with E-state index in [2.05, 4.69) is 30.4 Å². The first-order valence-electron chi connectivity index (χ1n) is 11.8. The second-order valence-corrected chi connectivity index (χ2v) is 8.85. The second-order valence-electron chi connectivity index (χ2n) is 8.85. The van der Waals surface area contributed by atoms with Gasteiger partial charge in [0.05, 0.1) is 18.5 Å². The molecule has 2 aromatic heterocycles. The van der Waals surface area contributed by atoms with E-state index in [1.54, 1.807) is 19.2 Å². The van der Waals surface area contributed by atoms with E-state index in [4.69, 9.17) is 9.47 Å². The van der Waals surface area contributed by atoms with Gasteiger partial charge in [-0.25, -0.2) is 9.97 Å². The highest BCUT2D eigenvalue weighted by atomic mass is 16.5. The SMILES string of the molecule is COc1cc(-c2ccc(-c3ccc(N4CC[C@H](CNC5CCOCC5)C4)nn3)c(O)c2)ncn1. The van der Waals surface area contributed by atoms with Crippen molar-refractivity contribution in [2.75, 3.05) is 44.9 Å². The number of anilines is 1. The summed E-state index contributed by atoms with van der Waals surface area (Å²) in [6.45, 7) is 4.72. The molecule has 5 rings (SSSR count). The van der Waals surface area contributed by atoms with Gasteiger partial charge in [-0.1, -0.05) is 6.07 Å². The van der Waals surface area contributed by atoms with E-state index in [0.29, 0.717) is 34.8 Å². The van der Waals surface area contributed by atoms with Crippen molar-refractivity contribution in [1.82, 2.24) is 25.5 Å². The highest BCUT2D eigenvalue weighted by Gasteiger charge is 2.25. The number of ether oxygens (including phenoxy) is 2. The first-order chi connectivity index (χ1) is 16.7. The van der Waals surface area contributed by atoms with Gasteiger partial charge < -0.3 is 24.8 Å². The quantitative estimate of drug-likeness (QED) is 0.548. The number of aromatic hydroxyl groups is 1. The fourth-order valence-corrected chi connectivity index (χ4v) is 4.60. The minimum atomic E-state index is 0.123. The molecule has 3 aromatic rings. The molecule has 34 heavy (non-hydrogen) atoms. The highest BCUT2D eigenvalue weighted by molar-refractivity contribution is 5.73. The van der Waals surface area contributed by atoms with Crippen LogP contribution in [-0.4, -0.2) is 71.3 Å². The van der Waals surface area contributed by atoms with Gasteiger partial charge in [0.25, 0.3) is 0 Å². The molecule has 9 nitrogen and oxygen atoms in total. The number of phenols is 1. The van der Waals surface area contributed by atoms with Crippen molar-refractivity contribution in [1.29, 1.82) is 0 Å². The molecule has 0 saturated carbocycles. The van der Waals surface area contributed by atoms with E-state index >= 15 is 0 Å².